The number of rotatable bonds is 3. The van der Waals surface area contributed by atoms with E-state index < -0.39 is 24.4 Å². The molecule has 0 saturated heterocycles. The molecule has 0 aromatic heterocycles. The Kier molecular flexibility index (Phi) is 3.09. The van der Waals surface area contributed by atoms with Crippen molar-refractivity contribution in [2.75, 3.05) is 6.61 Å². The highest BCUT2D eigenvalue weighted by atomic mass is 19.4. The molecule has 0 spiro atoms. The van der Waals surface area contributed by atoms with Gasteiger partial charge in [-0.1, -0.05) is 0 Å². The molecule has 0 aromatic rings. The smallest absolute Gasteiger partial charge is 0.411 e. The minimum absolute atomic E-state index is 1.06. The van der Waals surface area contributed by atoms with Crippen LogP contribution in [0.2, 0.25) is 0 Å². The third-order valence-electron chi connectivity index (χ3n) is 1.11. The van der Waals surface area contributed by atoms with Gasteiger partial charge in [0.15, 0.2) is 5.60 Å². The number of carbonyl (C=O) groups is 1. The first kappa shape index (κ1) is 11.2. The summed E-state index contributed by atoms with van der Waals surface area (Å²) < 4.78 is 38.7. The quantitative estimate of drug-likeness (QED) is 0.725. The zero-order valence-electron chi connectivity index (χ0n) is 6.60. The predicted molar refractivity (Wildman–Crippen MR) is 33.7 cm³/mol. The Morgan fingerprint density at radius 1 is 1.42 bits per heavy atom. The number of hydrogen-bond acceptors (Lipinski definition) is 2. The largest absolute Gasteiger partial charge is 0.479 e. The van der Waals surface area contributed by atoms with Crippen LogP contribution < -0.4 is 0 Å². The zero-order valence-corrected chi connectivity index (χ0v) is 6.60. The van der Waals surface area contributed by atoms with Crippen molar-refractivity contribution in [3.63, 3.8) is 0 Å². The van der Waals surface area contributed by atoms with Gasteiger partial charge in [0.1, 0.15) is 6.61 Å². The maximum Gasteiger partial charge on any atom is 0.411 e. The molecular formula is C6H9F3O3. The lowest BCUT2D eigenvalue weighted by Crippen LogP contribution is -2.37. The standard InChI is InChI=1S/C6H9F3O3/c1-5(2,4(10)11)12-3-6(7,8)9/h3H2,1-2H3,(H,10,11). The van der Waals surface area contributed by atoms with E-state index in [1.807, 2.05) is 0 Å². The van der Waals surface area contributed by atoms with Crippen LogP contribution in [0.25, 0.3) is 0 Å². The van der Waals surface area contributed by atoms with E-state index in [0.717, 1.165) is 13.8 Å². The molecule has 3 nitrogen and oxygen atoms in total. The van der Waals surface area contributed by atoms with Crippen LogP contribution in [0.5, 0.6) is 0 Å². The van der Waals surface area contributed by atoms with Crippen molar-refractivity contribution in [2.24, 2.45) is 0 Å². The number of aliphatic carboxylic acids is 1. The van der Waals surface area contributed by atoms with E-state index in [2.05, 4.69) is 4.74 Å². The van der Waals surface area contributed by atoms with Gasteiger partial charge in [0.05, 0.1) is 0 Å². The fourth-order valence-corrected chi connectivity index (χ4v) is 0.324. The molecule has 0 saturated carbocycles. The summed E-state index contributed by atoms with van der Waals surface area (Å²) in [5.74, 6) is -1.42. The van der Waals surface area contributed by atoms with Gasteiger partial charge in [-0.3, -0.25) is 0 Å². The second-order valence-corrected chi connectivity index (χ2v) is 2.72. The first-order valence-electron chi connectivity index (χ1n) is 3.09. The molecule has 12 heavy (non-hydrogen) atoms. The molecule has 0 aliphatic rings. The summed E-state index contributed by atoms with van der Waals surface area (Å²) in [6, 6.07) is 0. The normalized spacial score (nSPS) is 13.1. The highest BCUT2D eigenvalue weighted by molar-refractivity contribution is 5.76. The number of alkyl halides is 3. The number of carboxylic acids is 1. The predicted octanol–water partition coefficient (Wildman–Crippen LogP) is 1.43. The van der Waals surface area contributed by atoms with Gasteiger partial charge in [-0.2, -0.15) is 13.2 Å². The van der Waals surface area contributed by atoms with Crippen LogP contribution in [0.15, 0.2) is 0 Å². The molecule has 0 aromatic carbocycles. The minimum atomic E-state index is -4.49. The Balaban J connectivity index is 4.01. The SMILES string of the molecule is CC(C)(OCC(F)(F)F)C(=O)O. The lowest BCUT2D eigenvalue weighted by molar-refractivity contribution is -0.207. The van der Waals surface area contributed by atoms with E-state index >= 15 is 0 Å². The Morgan fingerprint density at radius 2 is 1.83 bits per heavy atom. The van der Waals surface area contributed by atoms with Crippen LogP contribution >= 0.6 is 0 Å². The first-order chi connectivity index (χ1) is 5.15. The molecular weight excluding hydrogens is 177 g/mol. The number of halogens is 3. The molecule has 0 aliphatic heterocycles. The van der Waals surface area contributed by atoms with Crippen LogP contribution in [-0.2, 0) is 9.53 Å². The van der Waals surface area contributed by atoms with Crippen molar-refractivity contribution in [3.05, 3.63) is 0 Å². The van der Waals surface area contributed by atoms with Crippen molar-refractivity contribution in [1.82, 2.24) is 0 Å². The van der Waals surface area contributed by atoms with Gasteiger partial charge < -0.3 is 9.84 Å². The first-order valence-corrected chi connectivity index (χ1v) is 3.09. The van der Waals surface area contributed by atoms with Gasteiger partial charge in [0.25, 0.3) is 0 Å². The Bertz CT molecular complexity index is 173. The van der Waals surface area contributed by atoms with Crippen molar-refractivity contribution in [2.45, 2.75) is 25.6 Å². The van der Waals surface area contributed by atoms with Gasteiger partial charge in [0, 0.05) is 0 Å². The molecule has 72 valence electrons. The number of hydrogen-bond donors (Lipinski definition) is 1. The highest BCUT2D eigenvalue weighted by Gasteiger charge is 2.35. The van der Waals surface area contributed by atoms with E-state index in [1.54, 1.807) is 0 Å². The van der Waals surface area contributed by atoms with E-state index in [4.69, 9.17) is 5.11 Å². The molecule has 0 radical (unpaired) electrons. The third kappa shape index (κ3) is 4.17. The average molecular weight is 186 g/mol. The van der Waals surface area contributed by atoms with Gasteiger partial charge in [0.2, 0.25) is 0 Å². The lowest BCUT2D eigenvalue weighted by Gasteiger charge is -2.20. The van der Waals surface area contributed by atoms with Gasteiger partial charge in [-0.15, -0.1) is 0 Å². The molecule has 1 N–H and O–H groups in total. The number of ether oxygens (including phenoxy) is 1. The van der Waals surface area contributed by atoms with Gasteiger partial charge >= 0.3 is 12.1 Å². The summed E-state index contributed by atoms with van der Waals surface area (Å²) in [5, 5.41) is 8.35. The molecule has 0 atom stereocenters. The Labute approximate surface area is 67.1 Å². The van der Waals surface area contributed by atoms with Crippen molar-refractivity contribution >= 4 is 5.97 Å². The summed E-state index contributed by atoms with van der Waals surface area (Å²) in [5.41, 5.74) is -1.80. The molecule has 0 heterocycles. The van der Waals surface area contributed by atoms with Crippen molar-refractivity contribution in [3.8, 4) is 0 Å². The molecule has 0 amide bonds. The van der Waals surface area contributed by atoms with Crippen molar-refractivity contribution < 1.29 is 27.8 Å². The fraction of sp³-hybridized carbons (Fsp3) is 0.833. The van der Waals surface area contributed by atoms with Crippen LogP contribution in [-0.4, -0.2) is 29.5 Å². The van der Waals surface area contributed by atoms with E-state index in [1.165, 1.54) is 0 Å². The topological polar surface area (TPSA) is 46.5 Å². The van der Waals surface area contributed by atoms with Crippen LogP contribution in [0.3, 0.4) is 0 Å². The van der Waals surface area contributed by atoms with Crippen LogP contribution in [0.1, 0.15) is 13.8 Å². The summed E-state index contributed by atoms with van der Waals surface area (Å²) in [6.07, 6.45) is -4.49. The maximum absolute atomic E-state index is 11.5. The van der Waals surface area contributed by atoms with E-state index in [-0.39, 0.29) is 0 Å². The summed E-state index contributed by atoms with van der Waals surface area (Å²) >= 11 is 0. The molecule has 0 unspecified atom stereocenters. The lowest BCUT2D eigenvalue weighted by atomic mass is 10.1. The van der Waals surface area contributed by atoms with Crippen molar-refractivity contribution in [1.29, 1.82) is 0 Å². The monoisotopic (exact) mass is 186 g/mol. The third-order valence-corrected chi connectivity index (χ3v) is 1.11. The number of carboxylic acid groups (broad SMARTS) is 1. The molecule has 0 rings (SSSR count). The van der Waals surface area contributed by atoms with E-state index in [0.29, 0.717) is 0 Å². The Morgan fingerprint density at radius 3 is 2.08 bits per heavy atom. The van der Waals surface area contributed by atoms with Gasteiger partial charge in [-0.25, -0.2) is 4.79 Å². The molecule has 6 heteroatoms. The minimum Gasteiger partial charge on any atom is -0.479 e. The van der Waals surface area contributed by atoms with Crippen LogP contribution in [0.4, 0.5) is 13.2 Å². The second-order valence-electron chi connectivity index (χ2n) is 2.72. The Hall–Kier alpha value is -0.780. The molecule has 0 bridgehead atoms. The summed E-state index contributed by atoms with van der Waals surface area (Å²) in [6.45, 7) is 0.564. The highest BCUT2D eigenvalue weighted by Crippen LogP contribution is 2.19. The summed E-state index contributed by atoms with van der Waals surface area (Å²) in [7, 11) is 0. The maximum atomic E-state index is 11.5. The average Bonchev–Trinajstić information content (AvgIpc) is 1.82. The zero-order chi connectivity index (χ0) is 9.99. The second kappa shape index (κ2) is 3.30. The summed E-state index contributed by atoms with van der Waals surface area (Å²) in [4.78, 5) is 10.2. The van der Waals surface area contributed by atoms with E-state index in [9.17, 15) is 18.0 Å². The molecule has 0 fully saturated rings. The fourth-order valence-electron chi connectivity index (χ4n) is 0.324. The van der Waals surface area contributed by atoms with Gasteiger partial charge in [-0.05, 0) is 13.8 Å². The van der Waals surface area contributed by atoms with Crippen LogP contribution in [0, 0.1) is 0 Å². The molecule has 0 aliphatic carbocycles.